The van der Waals surface area contributed by atoms with Crippen LogP contribution in [0.3, 0.4) is 0 Å². The highest BCUT2D eigenvalue weighted by atomic mass is 35.5. The lowest BCUT2D eigenvalue weighted by molar-refractivity contribution is 0.0698. The molecule has 0 amide bonds. The number of fused-ring (bicyclic) bond motifs is 1. The second kappa shape index (κ2) is 9.13. The molecule has 4 rings (SSSR count). The lowest BCUT2D eigenvalue weighted by Gasteiger charge is -2.11. The molecule has 7 nitrogen and oxygen atoms in total. The molecule has 0 atom stereocenters. The Labute approximate surface area is 192 Å². The summed E-state index contributed by atoms with van der Waals surface area (Å²) in [5.41, 5.74) is 1.96. The second-order valence-corrected chi connectivity index (χ2v) is 8.45. The third-order valence-electron chi connectivity index (χ3n) is 4.92. The van der Waals surface area contributed by atoms with Crippen molar-refractivity contribution in [2.45, 2.75) is 20.4 Å². The van der Waals surface area contributed by atoms with E-state index in [0.717, 1.165) is 17.0 Å². The fraction of sp³-hybridized carbons (Fsp3) is 0.227. The number of carboxylic acid groups (broad SMARTS) is 1. The second-order valence-electron chi connectivity index (χ2n) is 6.99. The van der Waals surface area contributed by atoms with E-state index in [0.29, 0.717) is 57.8 Å². The van der Waals surface area contributed by atoms with Gasteiger partial charge in [-0.15, -0.1) is 11.3 Å². The van der Waals surface area contributed by atoms with Crippen molar-refractivity contribution in [1.82, 2.24) is 14.5 Å². The Bertz CT molecular complexity index is 1300. The molecule has 0 radical (unpaired) electrons. The molecule has 0 spiro atoms. The molecule has 0 saturated carbocycles. The molecule has 166 valence electrons. The van der Waals surface area contributed by atoms with Crippen LogP contribution in [0.25, 0.3) is 21.5 Å². The molecule has 32 heavy (non-hydrogen) atoms. The van der Waals surface area contributed by atoms with Gasteiger partial charge < -0.3 is 19.7 Å². The van der Waals surface area contributed by atoms with Gasteiger partial charge in [-0.05, 0) is 32.0 Å². The molecule has 0 unspecified atom stereocenters. The van der Waals surface area contributed by atoms with Gasteiger partial charge in [-0.25, -0.2) is 19.2 Å². The molecule has 3 heterocycles. The van der Waals surface area contributed by atoms with E-state index in [-0.39, 0.29) is 10.7 Å². The quantitative estimate of drug-likeness (QED) is 0.352. The summed E-state index contributed by atoms with van der Waals surface area (Å²) in [7, 11) is 0. The van der Waals surface area contributed by atoms with Crippen molar-refractivity contribution in [1.29, 1.82) is 0 Å². The molecule has 0 aliphatic rings. The van der Waals surface area contributed by atoms with Crippen LogP contribution in [0.2, 0.25) is 5.02 Å². The van der Waals surface area contributed by atoms with E-state index in [2.05, 4.69) is 15.3 Å². The van der Waals surface area contributed by atoms with E-state index < -0.39 is 5.97 Å². The van der Waals surface area contributed by atoms with Gasteiger partial charge in [0.15, 0.2) is 4.88 Å². The van der Waals surface area contributed by atoms with Crippen molar-refractivity contribution < 1.29 is 19.0 Å². The van der Waals surface area contributed by atoms with Crippen LogP contribution in [0.15, 0.2) is 36.7 Å². The van der Waals surface area contributed by atoms with Gasteiger partial charge in [0.2, 0.25) is 0 Å². The van der Waals surface area contributed by atoms with Gasteiger partial charge >= 0.3 is 5.97 Å². The number of aromatic nitrogens is 3. The number of aryl methyl sites for hydroxylation is 1. The third-order valence-corrected chi connectivity index (χ3v) is 6.37. The number of thiophene rings is 1. The summed E-state index contributed by atoms with van der Waals surface area (Å²) >= 11 is 7.31. The van der Waals surface area contributed by atoms with Gasteiger partial charge in [0.25, 0.3) is 0 Å². The topological polar surface area (TPSA) is 89.3 Å². The molecular weight excluding hydrogens is 455 g/mol. The van der Waals surface area contributed by atoms with Gasteiger partial charge in [0.05, 0.1) is 27.7 Å². The van der Waals surface area contributed by atoms with Crippen LogP contribution in [-0.4, -0.2) is 38.8 Å². The van der Waals surface area contributed by atoms with Crippen LogP contribution in [-0.2, 0) is 6.54 Å². The molecule has 3 aromatic heterocycles. The first-order valence-corrected chi connectivity index (χ1v) is 11.1. The summed E-state index contributed by atoms with van der Waals surface area (Å²) in [4.78, 5) is 20.8. The molecule has 0 saturated heterocycles. The van der Waals surface area contributed by atoms with Crippen molar-refractivity contribution in [3.63, 3.8) is 0 Å². The summed E-state index contributed by atoms with van der Waals surface area (Å²) in [6.45, 7) is 5.06. The summed E-state index contributed by atoms with van der Waals surface area (Å²) in [5, 5.41) is 13.8. The Hall–Kier alpha value is -3.17. The minimum Gasteiger partial charge on any atom is -0.492 e. The van der Waals surface area contributed by atoms with Gasteiger partial charge in [-0.3, -0.25) is 0 Å². The standard InChI is InChI=1S/C22H20ClFN4O3S/c1-3-31-17-10-18(32-21(17)22(29)30)16-9-19(27-11-26-16)25-6-7-28-12(2)8-13-14(23)4-5-15(24)20(13)28/h4-5,8-11H,3,6-7H2,1-2H3,(H,29,30)(H,25,26,27). The Kier molecular flexibility index (Phi) is 6.29. The lowest BCUT2D eigenvalue weighted by atomic mass is 10.2. The molecule has 1 aromatic carbocycles. The van der Waals surface area contributed by atoms with Crippen molar-refractivity contribution in [3.8, 4) is 16.3 Å². The summed E-state index contributed by atoms with van der Waals surface area (Å²) in [5.74, 6) is -0.466. The van der Waals surface area contributed by atoms with Crippen LogP contribution in [0.1, 0.15) is 22.3 Å². The number of benzene rings is 1. The number of halogens is 2. The Morgan fingerprint density at radius 2 is 2.12 bits per heavy atom. The molecule has 0 aliphatic heterocycles. The molecule has 0 fully saturated rings. The van der Waals surface area contributed by atoms with Crippen LogP contribution in [0.4, 0.5) is 10.2 Å². The fourth-order valence-electron chi connectivity index (χ4n) is 3.52. The number of rotatable bonds is 8. The van der Waals surface area contributed by atoms with Crippen LogP contribution < -0.4 is 10.1 Å². The third kappa shape index (κ3) is 4.26. The largest absolute Gasteiger partial charge is 0.492 e. The molecule has 0 aliphatic carbocycles. The number of anilines is 1. The summed E-state index contributed by atoms with van der Waals surface area (Å²) in [6, 6.07) is 8.21. The van der Waals surface area contributed by atoms with Crippen molar-refractivity contribution in [2.24, 2.45) is 0 Å². The number of nitrogens with one attached hydrogen (secondary N) is 1. The van der Waals surface area contributed by atoms with E-state index in [1.807, 2.05) is 17.6 Å². The normalized spacial score (nSPS) is 11.1. The lowest BCUT2D eigenvalue weighted by Crippen LogP contribution is -2.12. The zero-order valence-electron chi connectivity index (χ0n) is 17.4. The number of ether oxygens (including phenoxy) is 1. The fourth-order valence-corrected chi connectivity index (χ4v) is 4.63. The average Bonchev–Trinajstić information content (AvgIpc) is 3.34. The van der Waals surface area contributed by atoms with Crippen molar-refractivity contribution >= 4 is 45.6 Å². The Morgan fingerprint density at radius 3 is 2.88 bits per heavy atom. The van der Waals surface area contributed by atoms with Crippen LogP contribution in [0, 0.1) is 12.7 Å². The number of carbonyl (C=O) groups is 1. The SMILES string of the molecule is CCOc1cc(-c2cc(NCCn3c(C)cc4c(Cl)ccc(F)c43)ncn2)sc1C(=O)O. The van der Waals surface area contributed by atoms with Crippen molar-refractivity contribution in [3.05, 3.63) is 58.1 Å². The number of hydrogen-bond donors (Lipinski definition) is 2. The van der Waals surface area contributed by atoms with Gasteiger partial charge in [-0.2, -0.15) is 0 Å². The van der Waals surface area contributed by atoms with E-state index in [4.69, 9.17) is 16.3 Å². The highest BCUT2D eigenvalue weighted by Gasteiger charge is 2.18. The van der Waals surface area contributed by atoms with Crippen molar-refractivity contribution in [2.75, 3.05) is 18.5 Å². The zero-order chi connectivity index (χ0) is 22.8. The predicted molar refractivity (Wildman–Crippen MR) is 124 cm³/mol. The number of nitrogens with zero attached hydrogens (tertiary/aromatic N) is 3. The Balaban J connectivity index is 1.52. The van der Waals surface area contributed by atoms with Gasteiger partial charge in [0.1, 0.15) is 23.7 Å². The maximum absolute atomic E-state index is 14.4. The first-order chi connectivity index (χ1) is 15.4. The molecule has 2 N–H and O–H groups in total. The zero-order valence-corrected chi connectivity index (χ0v) is 18.9. The number of hydrogen-bond acceptors (Lipinski definition) is 6. The smallest absolute Gasteiger partial charge is 0.349 e. The minimum atomic E-state index is -1.04. The first kappa shape index (κ1) is 22.0. The molecule has 10 heteroatoms. The minimum absolute atomic E-state index is 0.130. The van der Waals surface area contributed by atoms with Gasteiger partial charge in [0, 0.05) is 36.3 Å². The van der Waals surface area contributed by atoms with Crippen LogP contribution >= 0.6 is 22.9 Å². The summed E-state index contributed by atoms with van der Waals surface area (Å²) < 4.78 is 21.7. The maximum atomic E-state index is 14.4. The Morgan fingerprint density at radius 1 is 1.31 bits per heavy atom. The highest BCUT2D eigenvalue weighted by molar-refractivity contribution is 7.17. The van der Waals surface area contributed by atoms with E-state index >= 15 is 0 Å². The van der Waals surface area contributed by atoms with E-state index in [9.17, 15) is 14.3 Å². The molecular formula is C22H20ClFN4O3S. The van der Waals surface area contributed by atoms with E-state index in [1.54, 1.807) is 25.1 Å². The molecule has 4 aromatic rings. The monoisotopic (exact) mass is 474 g/mol. The average molecular weight is 475 g/mol. The highest BCUT2D eigenvalue weighted by Crippen LogP contribution is 2.36. The maximum Gasteiger partial charge on any atom is 0.349 e. The van der Waals surface area contributed by atoms with Gasteiger partial charge in [-0.1, -0.05) is 11.6 Å². The first-order valence-electron chi connectivity index (χ1n) is 9.89. The number of aromatic carboxylic acids is 1. The van der Waals surface area contributed by atoms with Crippen LogP contribution in [0.5, 0.6) is 5.75 Å². The predicted octanol–water partition coefficient (Wildman–Crippen LogP) is 5.47. The van der Waals surface area contributed by atoms with E-state index in [1.165, 1.54) is 12.4 Å². The number of carboxylic acids is 1. The summed E-state index contributed by atoms with van der Waals surface area (Å²) in [6.07, 6.45) is 1.41. The molecule has 0 bridgehead atoms.